The summed E-state index contributed by atoms with van der Waals surface area (Å²) < 4.78 is 15.2. The van der Waals surface area contributed by atoms with Crippen molar-refractivity contribution in [2.75, 3.05) is 12.8 Å². The Labute approximate surface area is 100 Å². The molecule has 6 nitrogen and oxygen atoms in total. The smallest absolute Gasteiger partial charge is 0.328 e. The third kappa shape index (κ3) is 11.6. The van der Waals surface area contributed by atoms with Gasteiger partial charge >= 0.3 is 13.6 Å². The van der Waals surface area contributed by atoms with Crippen molar-refractivity contribution >= 4 is 13.6 Å². The number of hydrogen-bond donors (Lipinski definition) is 3. The van der Waals surface area contributed by atoms with Crippen molar-refractivity contribution < 1.29 is 29.0 Å². The molecule has 0 aromatic rings. The molecular formula is C10H19O6P. The average molecular weight is 266 g/mol. The summed E-state index contributed by atoms with van der Waals surface area (Å²) >= 11 is 0. The van der Waals surface area contributed by atoms with E-state index < -0.39 is 25.8 Å². The molecule has 0 aliphatic heterocycles. The van der Waals surface area contributed by atoms with Crippen LogP contribution in [0.25, 0.3) is 0 Å². The predicted molar refractivity (Wildman–Crippen MR) is 62.5 cm³/mol. The van der Waals surface area contributed by atoms with Gasteiger partial charge in [0.1, 0.15) is 6.61 Å². The van der Waals surface area contributed by atoms with E-state index in [0.717, 1.165) is 12.8 Å². The minimum atomic E-state index is -4.26. The minimum Gasteiger partial charge on any atom is -0.463 e. The maximum Gasteiger partial charge on any atom is 0.328 e. The molecule has 0 aliphatic carbocycles. The van der Waals surface area contributed by atoms with Gasteiger partial charge in [0.25, 0.3) is 0 Å². The van der Waals surface area contributed by atoms with Crippen molar-refractivity contribution in [3.8, 4) is 0 Å². The fraction of sp³-hybridized carbons (Fsp3) is 0.700. The molecule has 0 rings (SSSR count). The standard InChI is InChI=1S/C10H19O6P/c1-2-3-4-5-6-10(12)16-7-9(11)8-17(13,14)15/h2,9,11H,1,3-8H2,(H2,13,14,15). The van der Waals surface area contributed by atoms with Crippen LogP contribution in [0.1, 0.15) is 25.7 Å². The molecule has 0 saturated heterocycles. The molecule has 0 aliphatic rings. The third-order valence-electron chi connectivity index (χ3n) is 1.92. The van der Waals surface area contributed by atoms with Crippen LogP contribution >= 0.6 is 7.60 Å². The molecule has 0 aromatic carbocycles. The summed E-state index contributed by atoms with van der Waals surface area (Å²) in [5.41, 5.74) is 0. The zero-order valence-corrected chi connectivity index (χ0v) is 10.5. The molecule has 17 heavy (non-hydrogen) atoms. The van der Waals surface area contributed by atoms with Crippen molar-refractivity contribution in [1.82, 2.24) is 0 Å². The summed E-state index contributed by atoms with van der Waals surface area (Å²) in [6.07, 6.45) is 2.30. The lowest BCUT2D eigenvalue weighted by atomic mass is 10.2. The molecule has 100 valence electrons. The lowest BCUT2D eigenvalue weighted by Crippen LogP contribution is -2.22. The monoisotopic (exact) mass is 266 g/mol. The Hall–Kier alpha value is -0.680. The number of rotatable bonds is 9. The lowest BCUT2D eigenvalue weighted by molar-refractivity contribution is -0.146. The van der Waals surface area contributed by atoms with Gasteiger partial charge in [-0.2, -0.15) is 0 Å². The summed E-state index contributed by atoms with van der Waals surface area (Å²) in [6, 6.07) is 0. The third-order valence-corrected chi connectivity index (χ3v) is 2.82. The Bertz CT molecular complexity index is 285. The minimum absolute atomic E-state index is 0.233. The highest BCUT2D eigenvalue weighted by molar-refractivity contribution is 7.51. The second-order valence-corrected chi connectivity index (χ2v) is 5.41. The van der Waals surface area contributed by atoms with Gasteiger partial charge in [-0.3, -0.25) is 9.36 Å². The zero-order chi connectivity index (χ0) is 13.3. The molecule has 3 N–H and O–H groups in total. The number of esters is 1. The molecule has 0 spiro atoms. The Morgan fingerprint density at radius 3 is 2.59 bits per heavy atom. The molecule has 0 heterocycles. The van der Waals surface area contributed by atoms with E-state index in [1.54, 1.807) is 6.08 Å². The van der Waals surface area contributed by atoms with Crippen LogP contribution < -0.4 is 0 Å². The molecule has 0 saturated carbocycles. The fourth-order valence-electron chi connectivity index (χ4n) is 1.15. The highest BCUT2D eigenvalue weighted by atomic mass is 31.2. The van der Waals surface area contributed by atoms with E-state index in [0.29, 0.717) is 6.42 Å². The number of carbonyl (C=O) groups is 1. The Balaban J connectivity index is 3.62. The van der Waals surface area contributed by atoms with E-state index >= 15 is 0 Å². The first-order valence-electron chi connectivity index (χ1n) is 5.34. The van der Waals surface area contributed by atoms with Crippen LogP contribution in [0.3, 0.4) is 0 Å². The average Bonchev–Trinajstić information content (AvgIpc) is 2.19. The zero-order valence-electron chi connectivity index (χ0n) is 9.62. The Morgan fingerprint density at radius 1 is 1.41 bits per heavy atom. The van der Waals surface area contributed by atoms with Crippen molar-refractivity contribution in [2.45, 2.75) is 31.8 Å². The molecule has 0 aromatic heterocycles. The van der Waals surface area contributed by atoms with Crippen LogP contribution in [0.4, 0.5) is 0 Å². The van der Waals surface area contributed by atoms with Gasteiger partial charge in [-0.1, -0.05) is 6.08 Å². The van der Waals surface area contributed by atoms with Gasteiger partial charge in [-0.05, 0) is 19.3 Å². The largest absolute Gasteiger partial charge is 0.463 e. The molecule has 7 heteroatoms. The number of unbranched alkanes of at least 4 members (excludes halogenated alkanes) is 2. The summed E-state index contributed by atoms with van der Waals surface area (Å²) in [5.74, 6) is -0.473. The quantitative estimate of drug-likeness (QED) is 0.247. The van der Waals surface area contributed by atoms with E-state index in [4.69, 9.17) is 14.9 Å². The number of hydrogen-bond acceptors (Lipinski definition) is 4. The summed E-state index contributed by atoms with van der Waals surface area (Å²) in [7, 11) is -4.26. The number of ether oxygens (including phenoxy) is 1. The molecule has 0 fully saturated rings. The summed E-state index contributed by atoms with van der Waals surface area (Å²) in [5, 5.41) is 9.16. The first kappa shape index (κ1) is 16.3. The number of aliphatic hydroxyl groups is 1. The van der Waals surface area contributed by atoms with Gasteiger partial charge < -0.3 is 19.6 Å². The Kier molecular flexibility index (Phi) is 8.08. The van der Waals surface area contributed by atoms with Crippen LogP contribution in [0.2, 0.25) is 0 Å². The van der Waals surface area contributed by atoms with Crippen LogP contribution in [0.5, 0.6) is 0 Å². The van der Waals surface area contributed by atoms with E-state index in [1.165, 1.54) is 0 Å². The van der Waals surface area contributed by atoms with Crippen LogP contribution in [0, 0.1) is 0 Å². The predicted octanol–water partition coefficient (Wildman–Crippen LogP) is 0.815. The van der Waals surface area contributed by atoms with Crippen LogP contribution in [-0.2, 0) is 14.1 Å². The van der Waals surface area contributed by atoms with Crippen LogP contribution in [0.15, 0.2) is 12.7 Å². The van der Waals surface area contributed by atoms with E-state index in [2.05, 4.69) is 11.3 Å². The van der Waals surface area contributed by atoms with E-state index in [9.17, 15) is 9.36 Å². The number of carbonyl (C=O) groups excluding carboxylic acids is 1. The van der Waals surface area contributed by atoms with Crippen molar-refractivity contribution in [1.29, 1.82) is 0 Å². The molecule has 0 amide bonds. The fourth-order valence-corrected chi connectivity index (χ4v) is 1.80. The number of allylic oxidation sites excluding steroid dienone is 1. The number of aliphatic hydroxyl groups excluding tert-OH is 1. The van der Waals surface area contributed by atoms with Crippen molar-refractivity contribution in [3.63, 3.8) is 0 Å². The first-order chi connectivity index (χ1) is 7.85. The van der Waals surface area contributed by atoms with Gasteiger partial charge in [0.2, 0.25) is 0 Å². The van der Waals surface area contributed by atoms with Gasteiger partial charge in [-0.25, -0.2) is 0 Å². The molecule has 1 atom stereocenters. The maximum absolute atomic E-state index is 11.1. The highest BCUT2D eigenvalue weighted by Gasteiger charge is 2.20. The van der Waals surface area contributed by atoms with Crippen LogP contribution in [-0.4, -0.2) is 39.7 Å². The topological polar surface area (TPSA) is 104 Å². The lowest BCUT2D eigenvalue weighted by Gasteiger charge is -2.11. The van der Waals surface area contributed by atoms with Gasteiger partial charge in [-0.15, -0.1) is 6.58 Å². The first-order valence-corrected chi connectivity index (χ1v) is 7.14. The highest BCUT2D eigenvalue weighted by Crippen LogP contribution is 2.34. The van der Waals surface area contributed by atoms with Gasteiger partial charge in [0.15, 0.2) is 0 Å². The second kappa shape index (κ2) is 8.42. The van der Waals surface area contributed by atoms with E-state index in [-0.39, 0.29) is 13.0 Å². The maximum atomic E-state index is 11.1. The van der Waals surface area contributed by atoms with E-state index in [1.807, 2.05) is 0 Å². The SMILES string of the molecule is C=CCCCCC(=O)OCC(O)CP(=O)(O)O. The summed E-state index contributed by atoms with van der Waals surface area (Å²) in [6.45, 7) is 3.16. The molecule has 0 bridgehead atoms. The Morgan fingerprint density at radius 2 is 2.06 bits per heavy atom. The normalized spacial score (nSPS) is 13.1. The van der Waals surface area contributed by atoms with Gasteiger partial charge in [0.05, 0.1) is 12.3 Å². The van der Waals surface area contributed by atoms with Gasteiger partial charge in [0, 0.05) is 6.42 Å². The molecular weight excluding hydrogens is 247 g/mol. The summed E-state index contributed by atoms with van der Waals surface area (Å²) in [4.78, 5) is 28.2. The molecule has 0 radical (unpaired) electrons. The van der Waals surface area contributed by atoms with Crippen molar-refractivity contribution in [3.05, 3.63) is 12.7 Å². The van der Waals surface area contributed by atoms with Crippen molar-refractivity contribution in [2.24, 2.45) is 0 Å². The second-order valence-electron chi connectivity index (χ2n) is 3.72. The molecule has 1 unspecified atom stereocenters.